The topological polar surface area (TPSA) is 42.8 Å². The molecule has 0 amide bonds. The van der Waals surface area contributed by atoms with Crippen molar-refractivity contribution in [2.75, 3.05) is 6.67 Å². The monoisotopic (exact) mass is 955 g/mol. The zero-order chi connectivity index (χ0) is 54.4. The van der Waals surface area contributed by atoms with Crippen molar-refractivity contribution in [2.24, 2.45) is 0 Å². The average Bonchev–Trinajstić information content (AvgIpc) is 4.31. The van der Waals surface area contributed by atoms with Gasteiger partial charge in [-0.15, -0.1) is 0 Å². The first kappa shape index (κ1) is 40.0. The Morgan fingerprint density at radius 2 is 1.21 bits per heavy atom. The van der Waals surface area contributed by atoms with Crippen LogP contribution in [-0.2, 0) is 10.2 Å². The highest BCUT2D eigenvalue weighted by molar-refractivity contribution is 6.09. The molecule has 6 heteroatoms. The Morgan fingerprint density at radius 1 is 0.562 bits per heavy atom. The summed E-state index contributed by atoms with van der Waals surface area (Å²) < 4.78 is 57.4. The zero-order valence-electron chi connectivity index (χ0n) is 47.1. The first-order valence-electron chi connectivity index (χ1n) is 27.4. The molecule has 0 unspecified atom stereocenters. The van der Waals surface area contributed by atoms with Crippen LogP contribution in [0.3, 0.4) is 0 Å². The fourth-order valence-electron chi connectivity index (χ4n) is 10.3. The van der Waals surface area contributed by atoms with Gasteiger partial charge < -0.3 is 14.4 Å². The summed E-state index contributed by atoms with van der Waals surface area (Å²) in [4.78, 5) is 9.87. The number of hydrogen-bond donors (Lipinski definition) is 0. The second-order valence-corrected chi connectivity index (χ2v) is 21.0. The molecule has 0 atom stereocenters. The van der Waals surface area contributed by atoms with E-state index < -0.39 is 6.04 Å². The number of nitrogens with zero attached hydrogens (tertiary/aromatic N) is 4. The van der Waals surface area contributed by atoms with Crippen molar-refractivity contribution in [3.05, 3.63) is 241 Å². The first-order valence-corrected chi connectivity index (χ1v) is 24.9. The summed E-state index contributed by atoms with van der Waals surface area (Å²) in [5, 5.41) is 2.16. The molecule has 0 N–H and O–H groups in total. The van der Waals surface area contributed by atoms with E-state index in [2.05, 4.69) is 196 Å². The molecule has 0 fully saturated rings. The van der Waals surface area contributed by atoms with E-state index in [1.807, 2.05) is 36.7 Å². The number of ether oxygens (including phenoxy) is 2. The first-order chi connectivity index (χ1) is 37.4. The van der Waals surface area contributed by atoms with Gasteiger partial charge in [0.05, 0.1) is 30.3 Å². The van der Waals surface area contributed by atoms with Gasteiger partial charge in [-0.3, -0.25) is 9.47 Å². The molecule has 0 saturated carbocycles. The number of hydrogen-bond acceptors (Lipinski definition) is 5. The Balaban J connectivity index is 0.910. The Hall–Kier alpha value is -8.61. The molecule has 358 valence electrons. The Bertz CT molecular complexity index is 4010. The third-order valence-electron chi connectivity index (χ3n) is 14.1. The van der Waals surface area contributed by atoms with Crippen molar-refractivity contribution in [3.63, 3.8) is 0 Å². The lowest BCUT2D eigenvalue weighted by molar-refractivity contribution is 0.188. The summed E-state index contributed by atoms with van der Waals surface area (Å²) in [5.41, 5.74) is 14.8. The van der Waals surface area contributed by atoms with Crippen molar-refractivity contribution >= 4 is 33.2 Å². The molecule has 2 aliphatic heterocycles. The smallest absolute Gasteiger partial charge is 0.225 e. The Labute approximate surface area is 435 Å². The summed E-state index contributed by atoms with van der Waals surface area (Å²) in [6.07, 6.45) is 3.78. The lowest BCUT2D eigenvalue weighted by Gasteiger charge is -2.37. The Kier molecular flexibility index (Phi) is 9.82. The van der Waals surface area contributed by atoms with Gasteiger partial charge in [0.25, 0.3) is 0 Å². The third-order valence-corrected chi connectivity index (χ3v) is 14.1. The van der Waals surface area contributed by atoms with Gasteiger partial charge in [0.1, 0.15) is 29.3 Å². The van der Waals surface area contributed by atoms with Gasteiger partial charge in [-0.25, -0.2) is 4.98 Å². The zero-order valence-corrected chi connectivity index (χ0v) is 42.1. The molecule has 4 heterocycles. The van der Waals surface area contributed by atoms with Crippen molar-refractivity contribution in [1.82, 2.24) is 19.4 Å². The number of aryl methyl sites for hydroxylation is 1. The van der Waals surface area contributed by atoms with E-state index in [0.717, 1.165) is 101 Å². The molecule has 0 spiro atoms. The van der Waals surface area contributed by atoms with Crippen LogP contribution in [0.15, 0.2) is 218 Å². The molecule has 6 nitrogen and oxygen atoms in total. The maximum atomic E-state index is 8.49. The van der Waals surface area contributed by atoms with Crippen LogP contribution in [0.5, 0.6) is 11.5 Å². The van der Waals surface area contributed by atoms with Crippen LogP contribution in [0.2, 0.25) is 0 Å². The molecule has 73 heavy (non-hydrogen) atoms. The number of para-hydroxylation sites is 1. The molecule has 2 aromatic heterocycles. The minimum Gasteiger partial charge on any atom is -0.457 e. The SMILES string of the molecule is [2H]c1c([2H])c([2H])c(-c2ccc(-c3cnc(-n4c5ccccc5c5ccc(Oc6cc(C7=COC8=C(c9c(-c%10ccccc%10)cccc9-c9ccccc9)N(C(C)(C)C)CN78)cc(C(C)(C)C)c6)cc54)cc3C)cc2)c([2H])c1[2H]. The molecular weight excluding hydrogens is 893 g/mol. The molecule has 0 saturated heterocycles. The molecule has 10 aromatic rings. The predicted octanol–water partition coefficient (Wildman–Crippen LogP) is 17.3. The summed E-state index contributed by atoms with van der Waals surface area (Å²) in [5.74, 6) is 2.94. The summed E-state index contributed by atoms with van der Waals surface area (Å²) in [6.45, 7) is 16.1. The molecule has 0 bridgehead atoms. The Morgan fingerprint density at radius 3 is 1.88 bits per heavy atom. The van der Waals surface area contributed by atoms with E-state index in [1.54, 1.807) is 12.1 Å². The fourth-order valence-corrected chi connectivity index (χ4v) is 10.3. The molecule has 12 rings (SSSR count). The van der Waals surface area contributed by atoms with Crippen molar-refractivity contribution < 1.29 is 16.3 Å². The van der Waals surface area contributed by atoms with Crippen molar-refractivity contribution in [2.45, 2.75) is 59.4 Å². The summed E-state index contributed by atoms with van der Waals surface area (Å²) >= 11 is 0. The van der Waals surface area contributed by atoms with Crippen LogP contribution < -0.4 is 4.74 Å². The average molecular weight is 956 g/mol. The van der Waals surface area contributed by atoms with Gasteiger partial charge in [0, 0.05) is 45.3 Å². The predicted molar refractivity (Wildman–Crippen MR) is 301 cm³/mol. The van der Waals surface area contributed by atoms with Crippen LogP contribution in [0.1, 0.15) is 70.7 Å². The second kappa shape index (κ2) is 17.9. The minimum atomic E-state index is -0.409. The van der Waals surface area contributed by atoms with Gasteiger partial charge in [0.15, 0.2) is 0 Å². The number of fused-ring (bicyclic) bond motifs is 4. The van der Waals surface area contributed by atoms with Gasteiger partial charge in [0.2, 0.25) is 5.88 Å². The van der Waals surface area contributed by atoms with E-state index >= 15 is 0 Å². The highest BCUT2D eigenvalue weighted by atomic mass is 16.5. The largest absolute Gasteiger partial charge is 0.457 e. The van der Waals surface area contributed by atoms with E-state index in [0.29, 0.717) is 23.7 Å². The minimum absolute atomic E-state index is 0.176. The van der Waals surface area contributed by atoms with Gasteiger partial charge in [-0.05, 0) is 126 Å². The fraction of sp³-hybridized carbons (Fsp3) is 0.149. The van der Waals surface area contributed by atoms with Gasteiger partial charge in [-0.1, -0.05) is 172 Å². The lowest BCUT2D eigenvalue weighted by atomic mass is 9.85. The van der Waals surface area contributed by atoms with Crippen molar-refractivity contribution in [1.29, 1.82) is 0 Å². The van der Waals surface area contributed by atoms with E-state index in [4.69, 9.17) is 21.3 Å². The molecule has 2 aliphatic rings. The maximum Gasteiger partial charge on any atom is 0.225 e. The highest BCUT2D eigenvalue weighted by Gasteiger charge is 2.43. The van der Waals surface area contributed by atoms with Gasteiger partial charge in [-0.2, -0.15) is 0 Å². The van der Waals surface area contributed by atoms with Crippen molar-refractivity contribution in [3.8, 4) is 61.8 Å². The van der Waals surface area contributed by atoms with Crippen LogP contribution >= 0.6 is 0 Å². The molecule has 8 aromatic carbocycles. The number of rotatable bonds is 9. The van der Waals surface area contributed by atoms with Crippen LogP contribution in [0.25, 0.3) is 83.5 Å². The summed E-state index contributed by atoms with van der Waals surface area (Å²) in [7, 11) is 0. The van der Waals surface area contributed by atoms with Crippen LogP contribution in [0.4, 0.5) is 0 Å². The normalized spacial score (nSPS) is 14.7. The third kappa shape index (κ3) is 8.33. The van der Waals surface area contributed by atoms with E-state index in [-0.39, 0.29) is 40.7 Å². The van der Waals surface area contributed by atoms with E-state index in [9.17, 15) is 0 Å². The molecule has 0 radical (unpaired) electrons. The number of benzene rings is 8. The number of aromatic nitrogens is 2. The quantitative estimate of drug-likeness (QED) is 0.144. The van der Waals surface area contributed by atoms with Crippen LogP contribution in [0, 0.1) is 6.92 Å². The lowest BCUT2D eigenvalue weighted by Crippen LogP contribution is -2.41. The highest BCUT2D eigenvalue weighted by Crippen LogP contribution is 2.50. The second-order valence-electron chi connectivity index (χ2n) is 21.0. The molecular formula is C67H58N4O2. The standard InChI is InChI=1S/C67H58N4O2/c1-44-36-62(68-41-58(44)49-32-30-46(31-33-49)45-20-11-8-12-21-45)71-59-29-18-17-26-56(59)57-35-34-52(40-60(57)71)73-53-38-50(37-51(39-53)66(2,3)4)61-42-72-65-64(70(43-69(61)65)67(5,6)7)63-54(47-22-13-9-14-23-47)27-19-28-55(63)48-24-15-10-16-25-48/h8-42H,43H2,1-7H3/i8D,11D,12D,20D,21D. The summed E-state index contributed by atoms with van der Waals surface area (Å²) in [6, 6.07) is 57.0. The van der Waals surface area contributed by atoms with Crippen LogP contribution in [-0.4, -0.2) is 31.6 Å². The molecule has 0 aliphatic carbocycles. The van der Waals surface area contributed by atoms with E-state index in [1.165, 1.54) is 0 Å². The van der Waals surface area contributed by atoms with Gasteiger partial charge >= 0.3 is 0 Å². The number of pyridine rings is 1. The maximum absolute atomic E-state index is 8.49.